The van der Waals surface area contributed by atoms with Gasteiger partial charge in [-0.3, -0.25) is 0 Å². The van der Waals surface area contributed by atoms with E-state index >= 15 is 0 Å². The second-order valence-corrected chi connectivity index (χ2v) is 15.5. The summed E-state index contributed by atoms with van der Waals surface area (Å²) in [4.78, 5) is 2.49. The van der Waals surface area contributed by atoms with Gasteiger partial charge in [0.2, 0.25) is 0 Å². The van der Waals surface area contributed by atoms with Crippen LogP contribution in [0.5, 0.6) is 0 Å². The minimum absolute atomic E-state index is 1.09. The van der Waals surface area contributed by atoms with E-state index in [0.717, 1.165) is 28.3 Å². The molecule has 0 fully saturated rings. The van der Waals surface area contributed by atoms with Gasteiger partial charge in [-0.1, -0.05) is 170 Å². The predicted molar refractivity (Wildman–Crippen MR) is 245 cm³/mol. The molecular formula is C54H36N2S. The number of para-hydroxylation sites is 3. The summed E-state index contributed by atoms with van der Waals surface area (Å²) < 4.78 is 5.00. The van der Waals surface area contributed by atoms with Crippen molar-refractivity contribution >= 4 is 70.4 Å². The molecule has 0 unspecified atom stereocenters. The Balaban J connectivity index is 1.23. The summed E-state index contributed by atoms with van der Waals surface area (Å²) in [5.74, 6) is 0. The van der Waals surface area contributed by atoms with E-state index in [0.29, 0.717) is 0 Å². The first-order chi connectivity index (χ1) is 28.3. The maximum atomic E-state index is 2.49. The molecule has 2 aromatic heterocycles. The molecule has 0 saturated heterocycles. The lowest BCUT2D eigenvalue weighted by atomic mass is 9.93. The molecule has 0 aliphatic heterocycles. The van der Waals surface area contributed by atoms with Crippen molar-refractivity contribution in [2.75, 3.05) is 4.90 Å². The molecule has 0 saturated carbocycles. The fourth-order valence-corrected chi connectivity index (χ4v) is 9.84. The number of aromatic nitrogens is 1. The number of thiophene rings is 1. The Labute approximate surface area is 335 Å². The number of nitrogens with zero attached hydrogens (tertiary/aromatic N) is 2. The molecule has 57 heavy (non-hydrogen) atoms. The number of hydrogen-bond acceptors (Lipinski definition) is 2. The molecule has 2 nitrogen and oxygen atoms in total. The van der Waals surface area contributed by atoms with Crippen molar-refractivity contribution in [3.8, 4) is 39.1 Å². The van der Waals surface area contributed by atoms with Crippen molar-refractivity contribution in [2.24, 2.45) is 0 Å². The van der Waals surface area contributed by atoms with Gasteiger partial charge >= 0.3 is 0 Å². The Hall–Kier alpha value is -7.20. The van der Waals surface area contributed by atoms with Crippen LogP contribution in [0.4, 0.5) is 17.1 Å². The van der Waals surface area contributed by atoms with Gasteiger partial charge in [-0.15, -0.1) is 11.3 Å². The molecule has 11 aromatic rings. The van der Waals surface area contributed by atoms with Crippen molar-refractivity contribution in [3.63, 3.8) is 0 Å². The maximum Gasteiger partial charge on any atom is 0.0618 e. The average molecular weight is 745 g/mol. The zero-order valence-corrected chi connectivity index (χ0v) is 31.9. The van der Waals surface area contributed by atoms with Crippen molar-refractivity contribution < 1.29 is 0 Å². The van der Waals surface area contributed by atoms with Crippen LogP contribution in [0.1, 0.15) is 0 Å². The van der Waals surface area contributed by atoms with Crippen LogP contribution >= 0.6 is 11.3 Å². The fourth-order valence-electron chi connectivity index (χ4n) is 8.61. The molecule has 268 valence electrons. The zero-order valence-electron chi connectivity index (χ0n) is 31.1. The smallest absolute Gasteiger partial charge is 0.0618 e. The van der Waals surface area contributed by atoms with Crippen molar-refractivity contribution in [1.82, 2.24) is 4.57 Å². The van der Waals surface area contributed by atoms with Crippen LogP contribution < -0.4 is 4.90 Å². The van der Waals surface area contributed by atoms with E-state index < -0.39 is 0 Å². The molecule has 0 radical (unpaired) electrons. The van der Waals surface area contributed by atoms with Gasteiger partial charge in [-0.05, 0) is 65.2 Å². The standard InChI is InChI=1S/C54H36N2S/c1-4-16-37(17-5-1)38-30-32-41(33-31-38)55(42-34-35-45-44-22-10-12-28-50(44)56(51(45)36-42)40-20-8-3-9-21-40)53-43(39-18-6-2-7-19-39)24-14-25-47(53)49-27-15-26-48-46-23-11-13-29-52(46)57-54(48)49/h1-36H. The SMILES string of the molecule is c1ccc(-c2ccc(N(c3ccc4c5ccccc5n(-c5ccccc5)c4c3)c3c(-c4ccccc4)cccc3-c3cccc4c3sc3ccccc34)cc2)cc1. The van der Waals surface area contributed by atoms with E-state index in [1.807, 2.05) is 11.3 Å². The van der Waals surface area contributed by atoms with Gasteiger partial charge in [0, 0.05) is 64.7 Å². The first-order valence-electron chi connectivity index (χ1n) is 19.4. The highest BCUT2D eigenvalue weighted by Gasteiger charge is 2.25. The molecule has 0 spiro atoms. The normalized spacial score (nSPS) is 11.5. The lowest BCUT2D eigenvalue weighted by Gasteiger charge is -2.31. The van der Waals surface area contributed by atoms with Gasteiger partial charge < -0.3 is 9.47 Å². The van der Waals surface area contributed by atoms with Gasteiger partial charge in [0.05, 0.1) is 16.7 Å². The summed E-state index contributed by atoms with van der Waals surface area (Å²) in [5.41, 5.74) is 13.9. The number of fused-ring (bicyclic) bond motifs is 6. The molecule has 0 aliphatic carbocycles. The molecule has 0 bridgehead atoms. The molecule has 9 aromatic carbocycles. The van der Waals surface area contributed by atoms with Gasteiger partial charge in [0.25, 0.3) is 0 Å². The van der Waals surface area contributed by atoms with E-state index in [1.54, 1.807) is 0 Å². The second-order valence-electron chi connectivity index (χ2n) is 14.5. The largest absolute Gasteiger partial charge is 0.309 e. The minimum Gasteiger partial charge on any atom is -0.309 e. The lowest BCUT2D eigenvalue weighted by molar-refractivity contribution is 1.18. The summed E-state index contributed by atoms with van der Waals surface area (Å²) in [6.45, 7) is 0. The van der Waals surface area contributed by atoms with Crippen LogP contribution in [0.2, 0.25) is 0 Å². The van der Waals surface area contributed by atoms with E-state index in [2.05, 4.69) is 228 Å². The van der Waals surface area contributed by atoms with Crippen LogP contribution in [0.3, 0.4) is 0 Å². The topological polar surface area (TPSA) is 8.17 Å². The summed E-state index contributed by atoms with van der Waals surface area (Å²) in [6, 6.07) is 79.5. The van der Waals surface area contributed by atoms with Gasteiger partial charge in [0.1, 0.15) is 0 Å². The molecule has 0 aliphatic rings. The molecular weight excluding hydrogens is 709 g/mol. The highest BCUT2D eigenvalue weighted by atomic mass is 32.1. The quantitative estimate of drug-likeness (QED) is 0.158. The predicted octanol–water partition coefficient (Wildman–Crippen LogP) is 15.6. The molecule has 11 rings (SSSR count). The van der Waals surface area contributed by atoms with E-state index in [4.69, 9.17) is 0 Å². The van der Waals surface area contributed by atoms with Crippen LogP contribution in [0, 0.1) is 0 Å². The third-order valence-corrected chi connectivity index (χ3v) is 12.4. The number of benzene rings is 9. The minimum atomic E-state index is 1.09. The van der Waals surface area contributed by atoms with Crippen molar-refractivity contribution in [2.45, 2.75) is 0 Å². The molecule has 0 N–H and O–H groups in total. The number of anilines is 3. The number of hydrogen-bond donors (Lipinski definition) is 0. The highest BCUT2D eigenvalue weighted by Crippen LogP contribution is 2.50. The zero-order chi connectivity index (χ0) is 37.7. The fraction of sp³-hybridized carbons (Fsp3) is 0. The highest BCUT2D eigenvalue weighted by molar-refractivity contribution is 7.26. The summed E-state index contributed by atoms with van der Waals surface area (Å²) in [6.07, 6.45) is 0. The van der Waals surface area contributed by atoms with Gasteiger partial charge in [0.15, 0.2) is 0 Å². The third-order valence-electron chi connectivity index (χ3n) is 11.2. The second kappa shape index (κ2) is 13.8. The first-order valence-corrected chi connectivity index (χ1v) is 20.3. The molecule has 0 amide bonds. The molecule has 3 heteroatoms. The maximum absolute atomic E-state index is 2.49. The monoisotopic (exact) mass is 744 g/mol. The summed E-state index contributed by atoms with van der Waals surface area (Å²) in [7, 11) is 0. The van der Waals surface area contributed by atoms with Crippen molar-refractivity contribution in [3.05, 3.63) is 218 Å². The third kappa shape index (κ3) is 5.63. The van der Waals surface area contributed by atoms with Crippen LogP contribution in [0.15, 0.2) is 218 Å². The summed E-state index contributed by atoms with van der Waals surface area (Å²) >= 11 is 1.88. The lowest BCUT2D eigenvalue weighted by Crippen LogP contribution is -2.13. The summed E-state index contributed by atoms with van der Waals surface area (Å²) in [5, 5.41) is 5.05. The Morgan fingerprint density at radius 3 is 1.70 bits per heavy atom. The number of rotatable bonds is 7. The first kappa shape index (κ1) is 33.2. The van der Waals surface area contributed by atoms with Crippen molar-refractivity contribution in [1.29, 1.82) is 0 Å². The molecule has 0 atom stereocenters. The Bertz CT molecular complexity index is 3220. The molecule has 2 heterocycles. The Kier molecular flexibility index (Phi) is 8.04. The van der Waals surface area contributed by atoms with E-state index in [9.17, 15) is 0 Å². The Morgan fingerprint density at radius 1 is 0.351 bits per heavy atom. The van der Waals surface area contributed by atoms with Crippen LogP contribution in [-0.2, 0) is 0 Å². The van der Waals surface area contributed by atoms with E-state index in [1.165, 1.54) is 69.8 Å². The van der Waals surface area contributed by atoms with Gasteiger partial charge in [-0.2, -0.15) is 0 Å². The van der Waals surface area contributed by atoms with Crippen LogP contribution in [-0.4, -0.2) is 4.57 Å². The van der Waals surface area contributed by atoms with Crippen LogP contribution in [0.25, 0.3) is 81.0 Å². The van der Waals surface area contributed by atoms with E-state index in [-0.39, 0.29) is 0 Å². The Morgan fingerprint density at radius 2 is 0.912 bits per heavy atom. The average Bonchev–Trinajstić information content (AvgIpc) is 3.83. The van der Waals surface area contributed by atoms with Gasteiger partial charge in [-0.25, -0.2) is 0 Å².